The number of piperidine rings is 1. The summed E-state index contributed by atoms with van der Waals surface area (Å²) in [7, 11) is 0. The summed E-state index contributed by atoms with van der Waals surface area (Å²) in [4.78, 5) is 11.5. The fourth-order valence-electron chi connectivity index (χ4n) is 4.32. The van der Waals surface area contributed by atoms with Crippen molar-refractivity contribution < 1.29 is 4.42 Å². The Morgan fingerprint density at radius 2 is 1.90 bits per heavy atom. The molecule has 2 aliphatic rings. The van der Waals surface area contributed by atoms with E-state index in [2.05, 4.69) is 32.7 Å². The van der Waals surface area contributed by atoms with Gasteiger partial charge >= 0.3 is 0 Å². The van der Waals surface area contributed by atoms with Crippen molar-refractivity contribution in [3.05, 3.63) is 48.7 Å². The Labute approximate surface area is 173 Å². The molecule has 0 aromatic carbocycles. The van der Waals surface area contributed by atoms with E-state index in [0.29, 0.717) is 12.0 Å². The van der Waals surface area contributed by atoms with Crippen LogP contribution in [0.4, 0.5) is 5.69 Å². The largest absolute Gasteiger partial charge is 0.469 e. The molecule has 0 amide bonds. The fraction of sp³-hybridized carbons (Fsp3) is 0.565. The summed E-state index contributed by atoms with van der Waals surface area (Å²) in [5, 5.41) is 7.18. The van der Waals surface area contributed by atoms with Crippen molar-refractivity contribution in [2.75, 3.05) is 31.1 Å². The Bertz CT molecular complexity index is 732. The number of nitrogens with zero attached hydrogens (tertiary/aromatic N) is 3. The third-order valence-electron chi connectivity index (χ3n) is 6.09. The summed E-state index contributed by atoms with van der Waals surface area (Å²) < 4.78 is 5.44. The maximum absolute atomic E-state index is 5.44. The summed E-state index contributed by atoms with van der Waals surface area (Å²) in [6.45, 7) is 3.93. The second-order valence-corrected chi connectivity index (χ2v) is 8.21. The Morgan fingerprint density at radius 1 is 1.10 bits per heavy atom. The molecule has 1 aliphatic carbocycles. The molecular formula is C23H33N5O. The third-order valence-corrected chi connectivity index (χ3v) is 6.09. The molecule has 1 aliphatic heterocycles. The van der Waals surface area contributed by atoms with Gasteiger partial charge in [0.2, 0.25) is 0 Å². The maximum atomic E-state index is 5.44. The van der Waals surface area contributed by atoms with E-state index in [1.54, 1.807) is 6.26 Å². The van der Waals surface area contributed by atoms with E-state index < -0.39 is 0 Å². The number of furan rings is 1. The quantitative estimate of drug-likeness (QED) is 0.554. The molecular weight excluding hydrogens is 362 g/mol. The molecule has 4 rings (SSSR count). The first kappa shape index (κ1) is 19.8. The van der Waals surface area contributed by atoms with Gasteiger partial charge in [0.25, 0.3) is 0 Å². The van der Waals surface area contributed by atoms with E-state index in [4.69, 9.17) is 9.41 Å². The van der Waals surface area contributed by atoms with Crippen molar-refractivity contribution in [1.29, 1.82) is 0 Å². The lowest BCUT2D eigenvalue weighted by molar-refractivity contribution is 0.414. The minimum absolute atomic E-state index is 0.568. The van der Waals surface area contributed by atoms with E-state index >= 15 is 0 Å². The Kier molecular flexibility index (Phi) is 7.05. The Hall–Kier alpha value is -2.50. The summed E-state index contributed by atoms with van der Waals surface area (Å²) in [6.07, 6.45) is 13.9. The Morgan fingerprint density at radius 3 is 2.62 bits per heavy atom. The van der Waals surface area contributed by atoms with Gasteiger partial charge in [-0.05, 0) is 55.9 Å². The van der Waals surface area contributed by atoms with Gasteiger partial charge in [0.1, 0.15) is 5.76 Å². The van der Waals surface area contributed by atoms with Crippen molar-refractivity contribution >= 4 is 11.6 Å². The first-order valence-electron chi connectivity index (χ1n) is 11.1. The van der Waals surface area contributed by atoms with E-state index in [-0.39, 0.29) is 0 Å². The van der Waals surface area contributed by atoms with E-state index in [9.17, 15) is 0 Å². The van der Waals surface area contributed by atoms with Crippen LogP contribution >= 0.6 is 0 Å². The first-order valence-corrected chi connectivity index (χ1v) is 11.1. The maximum Gasteiger partial charge on any atom is 0.191 e. The zero-order valence-corrected chi connectivity index (χ0v) is 17.2. The van der Waals surface area contributed by atoms with Crippen LogP contribution in [-0.2, 0) is 6.42 Å². The van der Waals surface area contributed by atoms with Gasteiger partial charge in [-0.1, -0.05) is 12.8 Å². The average Bonchev–Trinajstić information content (AvgIpc) is 3.47. The number of hydrogen-bond acceptors (Lipinski definition) is 4. The van der Waals surface area contributed by atoms with Crippen LogP contribution in [0.2, 0.25) is 0 Å². The lowest BCUT2D eigenvalue weighted by Gasteiger charge is -2.33. The number of aliphatic imine (C=N–C) groups is 1. The van der Waals surface area contributed by atoms with Crippen LogP contribution in [0, 0.1) is 5.92 Å². The third kappa shape index (κ3) is 5.99. The van der Waals surface area contributed by atoms with Crippen molar-refractivity contribution in [1.82, 2.24) is 15.6 Å². The summed E-state index contributed by atoms with van der Waals surface area (Å²) in [5.74, 6) is 2.64. The molecule has 1 saturated heterocycles. The number of pyridine rings is 1. The molecule has 29 heavy (non-hydrogen) atoms. The highest BCUT2D eigenvalue weighted by Crippen LogP contribution is 2.23. The van der Waals surface area contributed by atoms with E-state index in [0.717, 1.165) is 44.3 Å². The van der Waals surface area contributed by atoms with Crippen LogP contribution in [0.5, 0.6) is 0 Å². The molecule has 3 heterocycles. The second-order valence-electron chi connectivity index (χ2n) is 8.21. The van der Waals surface area contributed by atoms with Crippen LogP contribution in [-0.4, -0.2) is 43.2 Å². The summed E-state index contributed by atoms with van der Waals surface area (Å²) >= 11 is 0. The highest BCUT2D eigenvalue weighted by molar-refractivity contribution is 5.80. The molecule has 0 atom stereocenters. The summed E-state index contributed by atoms with van der Waals surface area (Å²) in [6, 6.07) is 8.74. The van der Waals surface area contributed by atoms with Crippen LogP contribution in [0.15, 0.2) is 52.3 Å². The van der Waals surface area contributed by atoms with Gasteiger partial charge in [0.15, 0.2) is 5.96 Å². The van der Waals surface area contributed by atoms with Gasteiger partial charge in [-0.25, -0.2) is 0 Å². The fourth-order valence-corrected chi connectivity index (χ4v) is 4.32. The highest BCUT2D eigenvalue weighted by atomic mass is 16.3. The van der Waals surface area contributed by atoms with Crippen molar-refractivity contribution in [2.45, 2.75) is 51.0 Å². The smallest absolute Gasteiger partial charge is 0.191 e. The molecule has 0 spiro atoms. The zero-order valence-electron chi connectivity index (χ0n) is 17.2. The molecule has 0 radical (unpaired) electrons. The highest BCUT2D eigenvalue weighted by Gasteiger charge is 2.20. The van der Waals surface area contributed by atoms with Crippen LogP contribution < -0.4 is 15.5 Å². The van der Waals surface area contributed by atoms with Crippen molar-refractivity contribution in [3.63, 3.8) is 0 Å². The number of aromatic nitrogens is 1. The van der Waals surface area contributed by atoms with Crippen LogP contribution in [0.25, 0.3) is 0 Å². The number of guanidine groups is 1. The van der Waals surface area contributed by atoms with Crippen LogP contribution in [0.3, 0.4) is 0 Å². The van der Waals surface area contributed by atoms with Gasteiger partial charge in [-0.15, -0.1) is 0 Å². The SMILES string of the molecule is c1coc(CCNC(=NCC2CCN(c3ccncc3)CC2)NC2CCCC2)c1. The number of anilines is 1. The van der Waals surface area contributed by atoms with E-state index in [1.165, 1.54) is 44.2 Å². The monoisotopic (exact) mass is 395 g/mol. The zero-order chi connectivity index (χ0) is 19.7. The van der Waals surface area contributed by atoms with Gasteiger partial charge in [0.05, 0.1) is 6.26 Å². The molecule has 6 nitrogen and oxygen atoms in total. The predicted octanol–water partition coefficient (Wildman–Crippen LogP) is 3.61. The molecule has 6 heteroatoms. The summed E-state index contributed by atoms with van der Waals surface area (Å²) in [5.41, 5.74) is 1.28. The minimum atomic E-state index is 0.568. The minimum Gasteiger partial charge on any atom is -0.469 e. The molecule has 1 saturated carbocycles. The number of nitrogens with one attached hydrogen (secondary N) is 2. The normalized spacial score (nSPS) is 18.9. The van der Waals surface area contributed by atoms with Gasteiger partial charge in [-0.3, -0.25) is 9.98 Å². The predicted molar refractivity (Wildman–Crippen MR) is 117 cm³/mol. The van der Waals surface area contributed by atoms with Crippen molar-refractivity contribution in [2.24, 2.45) is 10.9 Å². The lowest BCUT2D eigenvalue weighted by atomic mass is 9.96. The van der Waals surface area contributed by atoms with E-state index in [1.807, 2.05) is 24.5 Å². The van der Waals surface area contributed by atoms with Gasteiger partial charge in [0, 0.05) is 56.7 Å². The standard InChI is InChI=1S/C23H33N5O/c1-2-5-20(4-1)27-23(25-14-9-22-6-3-17-29-22)26-18-19-10-15-28(16-11-19)21-7-12-24-13-8-21/h3,6-8,12-13,17,19-20H,1-2,4-5,9-11,14-16,18H2,(H2,25,26,27). The molecule has 2 N–H and O–H groups in total. The molecule has 156 valence electrons. The molecule has 2 aromatic heterocycles. The average molecular weight is 396 g/mol. The Balaban J connectivity index is 1.27. The second kappa shape index (κ2) is 10.3. The van der Waals surface area contributed by atoms with Crippen molar-refractivity contribution in [3.8, 4) is 0 Å². The first-order chi connectivity index (χ1) is 14.4. The molecule has 2 aromatic rings. The van der Waals surface area contributed by atoms with Crippen LogP contribution in [0.1, 0.15) is 44.3 Å². The van der Waals surface area contributed by atoms with Gasteiger partial charge < -0.3 is 20.0 Å². The lowest BCUT2D eigenvalue weighted by Crippen LogP contribution is -2.43. The van der Waals surface area contributed by atoms with Gasteiger partial charge in [-0.2, -0.15) is 0 Å². The topological polar surface area (TPSA) is 65.7 Å². The molecule has 0 unspecified atom stereocenters. The molecule has 0 bridgehead atoms. The molecule has 2 fully saturated rings. The number of rotatable bonds is 7. The number of hydrogen-bond donors (Lipinski definition) is 2.